The van der Waals surface area contributed by atoms with Crippen LogP contribution in [0.1, 0.15) is 20.3 Å². The summed E-state index contributed by atoms with van der Waals surface area (Å²) in [7, 11) is 0. The van der Waals surface area contributed by atoms with Crippen LogP contribution >= 0.6 is 0 Å². The summed E-state index contributed by atoms with van der Waals surface area (Å²) in [5.41, 5.74) is 0. The first-order chi connectivity index (χ1) is 6.51. The zero-order chi connectivity index (χ0) is 11.1. The Balaban J connectivity index is 4.04. The fourth-order valence-electron chi connectivity index (χ4n) is 1.33. The molecule has 5 nitrogen and oxygen atoms in total. The quantitative estimate of drug-likeness (QED) is 0.523. The second-order valence-electron chi connectivity index (χ2n) is 3.37. The number of rotatable bonds is 7. The van der Waals surface area contributed by atoms with Gasteiger partial charge in [0.05, 0.1) is 19.1 Å². The molecule has 0 aromatic rings. The van der Waals surface area contributed by atoms with E-state index in [0.29, 0.717) is 13.1 Å². The first kappa shape index (κ1) is 13.4. The Morgan fingerprint density at radius 1 is 1.50 bits per heavy atom. The monoisotopic (exact) mass is 205 g/mol. The van der Waals surface area contributed by atoms with E-state index in [-0.39, 0.29) is 19.1 Å². The zero-order valence-electron chi connectivity index (χ0n) is 8.68. The lowest BCUT2D eigenvalue weighted by Crippen LogP contribution is -2.41. The summed E-state index contributed by atoms with van der Waals surface area (Å²) in [6, 6.07) is -0.126. The van der Waals surface area contributed by atoms with Crippen LogP contribution in [0.4, 0.5) is 0 Å². The van der Waals surface area contributed by atoms with Gasteiger partial charge in [0.2, 0.25) is 0 Å². The van der Waals surface area contributed by atoms with Crippen LogP contribution < -0.4 is 0 Å². The van der Waals surface area contributed by atoms with E-state index >= 15 is 0 Å². The molecule has 0 saturated carbocycles. The Bertz CT molecular complexity index is 174. The number of carbonyl (C=O) groups is 1. The van der Waals surface area contributed by atoms with Crippen LogP contribution in [0, 0.1) is 0 Å². The molecule has 0 aliphatic heterocycles. The molecular formula is C9H19NO4. The van der Waals surface area contributed by atoms with E-state index in [2.05, 4.69) is 0 Å². The maximum absolute atomic E-state index is 10.4. The van der Waals surface area contributed by atoms with Crippen LogP contribution in [0.15, 0.2) is 0 Å². The van der Waals surface area contributed by atoms with Crippen LogP contribution in [0.3, 0.4) is 0 Å². The van der Waals surface area contributed by atoms with Crippen LogP contribution in [-0.2, 0) is 4.79 Å². The Labute approximate surface area is 84.0 Å². The highest BCUT2D eigenvalue weighted by molar-refractivity contribution is 5.67. The van der Waals surface area contributed by atoms with E-state index in [0.717, 1.165) is 0 Å². The third kappa shape index (κ3) is 5.16. The van der Waals surface area contributed by atoms with Crippen molar-refractivity contribution in [1.29, 1.82) is 0 Å². The predicted octanol–water partition coefficient (Wildman–Crippen LogP) is -0.475. The molecular weight excluding hydrogens is 186 g/mol. The van der Waals surface area contributed by atoms with Gasteiger partial charge in [0.1, 0.15) is 0 Å². The van der Waals surface area contributed by atoms with Gasteiger partial charge in [0, 0.05) is 12.6 Å². The van der Waals surface area contributed by atoms with E-state index < -0.39 is 12.1 Å². The highest BCUT2D eigenvalue weighted by atomic mass is 16.4. The number of aliphatic hydroxyl groups excluding tert-OH is 2. The number of carboxylic acids is 1. The number of aliphatic carboxylic acids is 1. The van der Waals surface area contributed by atoms with Crippen molar-refractivity contribution < 1.29 is 20.1 Å². The number of nitrogens with zero attached hydrogens (tertiary/aromatic N) is 1. The maximum atomic E-state index is 10.4. The predicted molar refractivity (Wildman–Crippen MR) is 52.1 cm³/mol. The van der Waals surface area contributed by atoms with Gasteiger partial charge < -0.3 is 15.3 Å². The lowest BCUT2D eigenvalue weighted by Gasteiger charge is -2.28. The van der Waals surface area contributed by atoms with Crippen LogP contribution in [0.5, 0.6) is 0 Å². The van der Waals surface area contributed by atoms with Crippen molar-refractivity contribution in [2.45, 2.75) is 32.4 Å². The average Bonchev–Trinajstić information content (AvgIpc) is 2.12. The number of carboxylic acid groups (broad SMARTS) is 1. The highest BCUT2D eigenvalue weighted by Gasteiger charge is 2.17. The minimum absolute atomic E-state index is 0.0476. The molecule has 0 rings (SSSR count). The van der Waals surface area contributed by atoms with Gasteiger partial charge in [0.25, 0.3) is 0 Å². The molecule has 0 aliphatic rings. The topological polar surface area (TPSA) is 81.0 Å². The molecule has 5 heteroatoms. The summed E-state index contributed by atoms with van der Waals surface area (Å²) in [6.45, 7) is 4.35. The average molecular weight is 205 g/mol. The van der Waals surface area contributed by atoms with E-state index in [1.54, 1.807) is 6.92 Å². The van der Waals surface area contributed by atoms with E-state index in [1.807, 2.05) is 11.8 Å². The first-order valence-electron chi connectivity index (χ1n) is 4.76. The zero-order valence-corrected chi connectivity index (χ0v) is 8.68. The van der Waals surface area contributed by atoms with Gasteiger partial charge in [-0.15, -0.1) is 0 Å². The highest BCUT2D eigenvalue weighted by Crippen LogP contribution is 2.04. The Morgan fingerprint density at radius 3 is 2.43 bits per heavy atom. The molecule has 84 valence electrons. The lowest BCUT2D eigenvalue weighted by molar-refractivity contribution is -0.138. The fourth-order valence-corrected chi connectivity index (χ4v) is 1.33. The van der Waals surface area contributed by atoms with Crippen LogP contribution in [-0.4, -0.2) is 58.0 Å². The molecule has 0 aromatic carbocycles. The molecule has 0 bridgehead atoms. The molecule has 0 heterocycles. The molecule has 0 amide bonds. The third-order valence-electron chi connectivity index (χ3n) is 2.16. The Morgan fingerprint density at radius 2 is 2.07 bits per heavy atom. The third-order valence-corrected chi connectivity index (χ3v) is 2.16. The SMILES string of the molecule is CCN(CC(O)CO)C(C)CC(=O)O. The normalized spacial score (nSPS) is 15.5. The van der Waals surface area contributed by atoms with Gasteiger partial charge in [-0.25, -0.2) is 0 Å². The van der Waals surface area contributed by atoms with Crippen molar-refractivity contribution in [1.82, 2.24) is 4.90 Å². The molecule has 0 radical (unpaired) electrons. The molecule has 14 heavy (non-hydrogen) atoms. The molecule has 0 fully saturated rings. The van der Waals surface area contributed by atoms with Crippen molar-refractivity contribution >= 4 is 5.97 Å². The summed E-state index contributed by atoms with van der Waals surface area (Å²) >= 11 is 0. The summed E-state index contributed by atoms with van der Waals surface area (Å²) < 4.78 is 0. The summed E-state index contributed by atoms with van der Waals surface area (Å²) in [5.74, 6) is -0.852. The van der Waals surface area contributed by atoms with Gasteiger partial charge in [-0.05, 0) is 13.5 Å². The van der Waals surface area contributed by atoms with E-state index in [9.17, 15) is 9.90 Å². The second kappa shape index (κ2) is 6.75. The lowest BCUT2D eigenvalue weighted by atomic mass is 10.2. The standard InChI is InChI=1S/C9H19NO4/c1-3-10(5-8(12)6-11)7(2)4-9(13)14/h7-8,11-12H,3-6H2,1-2H3,(H,13,14). The minimum atomic E-state index is -0.852. The van der Waals surface area contributed by atoms with Gasteiger partial charge >= 0.3 is 5.97 Å². The second-order valence-corrected chi connectivity index (χ2v) is 3.37. The number of likely N-dealkylation sites (N-methyl/N-ethyl adjacent to an activating group) is 1. The summed E-state index contributed by atoms with van der Waals surface area (Å²) in [4.78, 5) is 12.3. The Kier molecular flexibility index (Phi) is 6.44. The van der Waals surface area contributed by atoms with Crippen molar-refractivity contribution in [3.05, 3.63) is 0 Å². The van der Waals surface area contributed by atoms with Crippen molar-refractivity contribution in [3.8, 4) is 0 Å². The summed E-state index contributed by atoms with van der Waals surface area (Å²) in [6.07, 6.45) is -0.752. The molecule has 0 aromatic heterocycles. The Hall–Kier alpha value is -0.650. The van der Waals surface area contributed by atoms with Crippen molar-refractivity contribution in [2.24, 2.45) is 0 Å². The summed E-state index contributed by atoms with van der Waals surface area (Å²) in [5, 5.41) is 26.4. The fraction of sp³-hybridized carbons (Fsp3) is 0.889. The number of aliphatic hydroxyl groups is 2. The molecule has 0 spiro atoms. The minimum Gasteiger partial charge on any atom is -0.481 e. The number of hydrogen-bond donors (Lipinski definition) is 3. The molecule has 3 N–H and O–H groups in total. The molecule has 2 unspecified atom stereocenters. The van der Waals surface area contributed by atoms with Crippen molar-refractivity contribution in [2.75, 3.05) is 19.7 Å². The molecule has 2 atom stereocenters. The van der Waals surface area contributed by atoms with Gasteiger partial charge in [-0.3, -0.25) is 9.69 Å². The van der Waals surface area contributed by atoms with E-state index in [4.69, 9.17) is 10.2 Å². The van der Waals surface area contributed by atoms with Crippen LogP contribution in [0.2, 0.25) is 0 Å². The van der Waals surface area contributed by atoms with Gasteiger partial charge in [-0.1, -0.05) is 6.92 Å². The smallest absolute Gasteiger partial charge is 0.304 e. The van der Waals surface area contributed by atoms with Gasteiger partial charge in [-0.2, -0.15) is 0 Å². The molecule has 0 aliphatic carbocycles. The first-order valence-corrected chi connectivity index (χ1v) is 4.76. The largest absolute Gasteiger partial charge is 0.481 e. The molecule has 0 saturated heterocycles. The van der Waals surface area contributed by atoms with Crippen molar-refractivity contribution in [3.63, 3.8) is 0 Å². The van der Waals surface area contributed by atoms with Gasteiger partial charge in [0.15, 0.2) is 0 Å². The van der Waals surface area contributed by atoms with E-state index in [1.165, 1.54) is 0 Å². The number of hydrogen-bond acceptors (Lipinski definition) is 4. The van der Waals surface area contributed by atoms with Crippen LogP contribution in [0.25, 0.3) is 0 Å². The maximum Gasteiger partial charge on any atom is 0.304 e.